The van der Waals surface area contributed by atoms with Crippen LogP contribution in [0.2, 0.25) is 0 Å². The molecule has 0 aliphatic heterocycles. The number of nitrogens with one attached hydrogen (secondary N) is 1. The molecule has 0 saturated carbocycles. The number of aryl methyl sites for hydroxylation is 1. The highest BCUT2D eigenvalue weighted by molar-refractivity contribution is 5.95. The van der Waals surface area contributed by atoms with E-state index < -0.39 is 0 Å². The van der Waals surface area contributed by atoms with Gasteiger partial charge < -0.3 is 10.5 Å². The second-order valence-electron chi connectivity index (χ2n) is 4.31. The summed E-state index contributed by atoms with van der Waals surface area (Å²) in [5, 5.41) is 7.37. The van der Waals surface area contributed by atoms with Gasteiger partial charge in [-0.25, -0.2) is 4.39 Å². The molecule has 0 unspecified atom stereocenters. The third kappa shape index (κ3) is 3.31. The first-order chi connectivity index (χ1) is 9.06. The van der Waals surface area contributed by atoms with E-state index in [2.05, 4.69) is 0 Å². The molecule has 0 saturated heterocycles. The van der Waals surface area contributed by atoms with Gasteiger partial charge in [0.1, 0.15) is 24.0 Å². The van der Waals surface area contributed by atoms with Gasteiger partial charge in [0.2, 0.25) is 0 Å². The van der Waals surface area contributed by atoms with Gasteiger partial charge in [-0.3, -0.25) is 5.41 Å². The molecule has 4 heteroatoms. The van der Waals surface area contributed by atoms with Crippen LogP contribution >= 0.6 is 0 Å². The van der Waals surface area contributed by atoms with Crippen molar-refractivity contribution in [2.24, 2.45) is 5.73 Å². The summed E-state index contributed by atoms with van der Waals surface area (Å²) in [4.78, 5) is 0. The molecule has 0 aromatic heterocycles. The van der Waals surface area contributed by atoms with Crippen LogP contribution in [0, 0.1) is 18.2 Å². The predicted octanol–water partition coefficient (Wildman–Crippen LogP) is 3.00. The second-order valence-corrected chi connectivity index (χ2v) is 4.31. The number of hydrogen-bond donors (Lipinski definition) is 2. The number of hydrogen-bond acceptors (Lipinski definition) is 2. The van der Waals surface area contributed by atoms with E-state index in [1.165, 1.54) is 6.07 Å². The summed E-state index contributed by atoms with van der Waals surface area (Å²) < 4.78 is 18.9. The van der Waals surface area contributed by atoms with Crippen molar-refractivity contribution in [2.45, 2.75) is 13.5 Å². The first-order valence-corrected chi connectivity index (χ1v) is 5.88. The number of benzene rings is 2. The van der Waals surface area contributed by atoms with Crippen molar-refractivity contribution in [3.05, 3.63) is 65.0 Å². The lowest BCUT2D eigenvalue weighted by Gasteiger charge is -2.08. The Bertz CT molecular complexity index is 611. The van der Waals surface area contributed by atoms with Crippen molar-refractivity contribution in [1.82, 2.24) is 0 Å². The highest BCUT2D eigenvalue weighted by Gasteiger charge is 2.02. The highest BCUT2D eigenvalue weighted by atomic mass is 19.1. The molecule has 0 radical (unpaired) electrons. The van der Waals surface area contributed by atoms with Crippen LogP contribution < -0.4 is 10.5 Å². The van der Waals surface area contributed by atoms with Gasteiger partial charge in [-0.15, -0.1) is 0 Å². The molecule has 19 heavy (non-hydrogen) atoms. The van der Waals surface area contributed by atoms with E-state index in [1.54, 1.807) is 31.2 Å². The van der Waals surface area contributed by atoms with Gasteiger partial charge in [-0.2, -0.15) is 0 Å². The Hall–Kier alpha value is -2.36. The van der Waals surface area contributed by atoms with Crippen LogP contribution in [-0.2, 0) is 6.61 Å². The molecular weight excluding hydrogens is 243 g/mol. The smallest absolute Gasteiger partial charge is 0.129 e. The summed E-state index contributed by atoms with van der Waals surface area (Å²) >= 11 is 0. The van der Waals surface area contributed by atoms with Crippen LogP contribution in [0.25, 0.3) is 0 Å². The Morgan fingerprint density at radius 1 is 1.26 bits per heavy atom. The lowest BCUT2D eigenvalue weighted by Crippen LogP contribution is -2.11. The van der Waals surface area contributed by atoms with Gasteiger partial charge in [0.05, 0.1) is 0 Å². The van der Waals surface area contributed by atoms with Crippen molar-refractivity contribution in [3.63, 3.8) is 0 Å². The van der Waals surface area contributed by atoms with Crippen LogP contribution in [0.3, 0.4) is 0 Å². The Labute approximate surface area is 111 Å². The fourth-order valence-electron chi connectivity index (χ4n) is 1.66. The molecule has 3 N–H and O–H groups in total. The van der Waals surface area contributed by atoms with Gasteiger partial charge in [0, 0.05) is 11.6 Å². The van der Waals surface area contributed by atoms with Crippen molar-refractivity contribution >= 4 is 5.84 Å². The first-order valence-electron chi connectivity index (χ1n) is 5.88. The van der Waals surface area contributed by atoms with Crippen LogP contribution in [0.15, 0.2) is 42.5 Å². The number of halogens is 1. The van der Waals surface area contributed by atoms with E-state index >= 15 is 0 Å². The minimum absolute atomic E-state index is 0.0169. The van der Waals surface area contributed by atoms with Crippen LogP contribution in [0.1, 0.15) is 16.7 Å². The molecule has 2 rings (SSSR count). The minimum Gasteiger partial charge on any atom is -0.489 e. The van der Waals surface area contributed by atoms with E-state index in [9.17, 15) is 4.39 Å². The molecule has 2 aromatic carbocycles. The minimum atomic E-state index is -0.282. The summed E-state index contributed by atoms with van der Waals surface area (Å²) in [7, 11) is 0. The molecule has 98 valence electrons. The van der Waals surface area contributed by atoms with Gasteiger partial charge >= 0.3 is 0 Å². The predicted molar refractivity (Wildman–Crippen MR) is 72.9 cm³/mol. The average Bonchev–Trinajstić information content (AvgIpc) is 2.40. The van der Waals surface area contributed by atoms with Crippen molar-refractivity contribution < 1.29 is 9.13 Å². The third-order valence-electron chi connectivity index (χ3n) is 2.79. The molecule has 0 aliphatic rings. The Morgan fingerprint density at radius 2 is 2.05 bits per heavy atom. The largest absolute Gasteiger partial charge is 0.489 e. The fraction of sp³-hybridized carbons (Fsp3) is 0.133. The van der Waals surface area contributed by atoms with E-state index in [-0.39, 0.29) is 11.7 Å². The van der Waals surface area contributed by atoms with Crippen LogP contribution in [0.5, 0.6) is 5.75 Å². The number of rotatable bonds is 4. The SMILES string of the molecule is Cc1ccc(OCc2cccc(C(=N)N)c2)cc1F. The highest BCUT2D eigenvalue weighted by Crippen LogP contribution is 2.17. The van der Waals surface area contributed by atoms with Crippen molar-refractivity contribution in [3.8, 4) is 5.75 Å². The normalized spacial score (nSPS) is 10.2. The van der Waals surface area contributed by atoms with Gasteiger partial charge in [-0.05, 0) is 30.2 Å². The Balaban J connectivity index is 2.07. The van der Waals surface area contributed by atoms with Crippen molar-refractivity contribution in [2.75, 3.05) is 0 Å². The van der Waals surface area contributed by atoms with E-state index in [1.807, 2.05) is 12.1 Å². The van der Waals surface area contributed by atoms with Crippen LogP contribution in [0.4, 0.5) is 4.39 Å². The molecule has 0 aliphatic carbocycles. The molecule has 0 heterocycles. The average molecular weight is 258 g/mol. The quantitative estimate of drug-likeness (QED) is 0.654. The molecular formula is C15H15FN2O. The zero-order valence-electron chi connectivity index (χ0n) is 10.6. The topological polar surface area (TPSA) is 59.1 Å². The number of nitrogens with two attached hydrogens (primary N) is 1. The summed E-state index contributed by atoms with van der Waals surface area (Å²) in [6.45, 7) is 2.01. The molecule has 0 spiro atoms. The van der Waals surface area contributed by atoms with Gasteiger partial charge in [0.25, 0.3) is 0 Å². The summed E-state index contributed by atoms with van der Waals surface area (Å²) in [6, 6.07) is 12.0. The zero-order chi connectivity index (χ0) is 13.8. The maximum Gasteiger partial charge on any atom is 0.129 e. The number of amidine groups is 1. The Kier molecular flexibility index (Phi) is 3.80. The summed E-state index contributed by atoms with van der Waals surface area (Å²) in [5.41, 5.74) is 7.54. The number of nitrogen functional groups attached to an aromatic ring is 1. The molecule has 3 nitrogen and oxygen atoms in total. The zero-order valence-corrected chi connectivity index (χ0v) is 10.6. The van der Waals surface area contributed by atoms with Crippen molar-refractivity contribution in [1.29, 1.82) is 5.41 Å². The molecule has 0 bridgehead atoms. The summed E-state index contributed by atoms with van der Waals surface area (Å²) in [5.74, 6) is 0.217. The molecule has 2 aromatic rings. The Morgan fingerprint density at radius 3 is 2.74 bits per heavy atom. The van der Waals surface area contributed by atoms with E-state index in [0.717, 1.165) is 5.56 Å². The third-order valence-corrected chi connectivity index (χ3v) is 2.79. The molecule has 0 fully saturated rings. The molecule has 0 atom stereocenters. The van der Waals surface area contributed by atoms with Gasteiger partial charge in [0.15, 0.2) is 0 Å². The maximum absolute atomic E-state index is 13.4. The van der Waals surface area contributed by atoms with Crippen LogP contribution in [-0.4, -0.2) is 5.84 Å². The fourth-order valence-corrected chi connectivity index (χ4v) is 1.66. The van der Waals surface area contributed by atoms with Gasteiger partial charge in [-0.1, -0.05) is 24.3 Å². The second kappa shape index (κ2) is 5.52. The van der Waals surface area contributed by atoms with E-state index in [4.69, 9.17) is 15.9 Å². The number of ether oxygens (including phenoxy) is 1. The maximum atomic E-state index is 13.4. The first kappa shape index (κ1) is 13.1. The monoisotopic (exact) mass is 258 g/mol. The molecule has 0 amide bonds. The van der Waals surface area contributed by atoms with E-state index in [0.29, 0.717) is 23.5 Å². The summed E-state index contributed by atoms with van der Waals surface area (Å²) in [6.07, 6.45) is 0. The standard InChI is InChI=1S/C15H15FN2O/c1-10-5-6-13(8-14(10)16)19-9-11-3-2-4-12(7-11)15(17)18/h2-8H,9H2,1H3,(H3,17,18). The lowest BCUT2D eigenvalue weighted by atomic mass is 10.1. The lowest BCUT2D eigenvalue weighted by molar-refractivity contribution is 0.304.